The van der Waals surface area contributed by atoms with E-state index >= 15 is 0 Å². The van der Waals surface area contributed by atoms with Crippen LogP contribution in [0.4, 0.5) is 11.5 Å². The third-order valence-corrected chi connectivity index (χ3v) is 2.89. The highest BCUT2D eigenvalue weighted by atomic mass is 16.5. The molecule has 0 radical (unpaired) electrons. The summed E-state index contributed by atoms with van der Waals surface area (Å²) in [6.45, 7) is 5.13. The first-order valence-electron chi connectivity index (χ1n) is 6.63. The van der Waals surface area contributed by atoms with Gasteiger partial charge in [0.25, 0.3) is 0 Å². The first kappa shape index (κ1) is 14.1. The van der Waals surface area contributed by atoms with Crippen molar-refractivity contribution in [1.29, 1.82) is 0 Å². The predicted octanol–water partition coefficient (Wildman–Crippen LogP) is 2.40. The molecule has 2 heterocycles. The zero-order valence-electron chi connectivity index (χ0n) is 12.1. The van der Waals surface area contributed by atoms with Crippen LogP contribution < -0.4 is 15.4 Å². The van der Waals surface area contributed by atoms with Gasteiger partial charge in [0.1, 0.15) is 5.82 Å². The minimum absolute atomic E-state index is 0.481. The lowest BCUT2D eigenvalue weighted by Crippen LogP contribution is -2.19. The van der Waals surface area contributed by atoms with E-state index < -0.39 is 0 Å². The summed E-state index contributed by atoms with van der Waals surface area (Å²) in [6.07, 6.45) is 0. The maximum atomic E-state index is 5.83. The van der Waals surface area contributed by atoms with Crippen molar-refractivity contribution in [3.8, 4) is 5.88 Å². The summed E-state index contributed by atoms with van der Waals surface area (Å²) >= 11 is 0. The van der Waals surface area contributed by atoms with E-state index in [0.717, 1.165) is 17.2 Å². The van der Waals surface area contributed by atoms with Crippen LogP contribution >= 0.6 is 0 Å². The SMILES string of the molecule is CCOc1nc(N(C)Cc2cccc(C)n2)ccc1N. The average Bonchev–Trinajstić information content (AvgIpc) is 2.41. The summed E-state index contributed by atoms with van der Waals surface area (Å²) < 4.78 is 5.42. The average molecular weight is 272 g/mol. The van der Waals surface area contributed by atoms with Gasteiger partial charge in [-0.1, -0.05) is 6.07 Å². The van der Waals surface area contributed by atoms with Crippen LogP contribution in [-0.4, -0.2) is 23.6 Å². The Morgan fingerprint density at radius 1 is 1.20 bits per heavy atom. The number of rotatable bonds is 5. The highest BCUT2D eigenvalue weighted by molar-refractivity contribution is 5.54. The van der Waals surface area contributed by atoms with Crippen LogP contribution in [0, 0.1) is 6.92 Å². The fraction of sp³-hybridized carbons (Fsp3) is 0.333. The van der Waals surface area contributed by atoms with E-state index in [9.17, 15) is 0 Å². The number of pyridine rings is 2. The topological polar surface area (TPSA) is 64.3 Å². The number of anilines is 2. The fourth-order valence-electron chi connectivity index (χ4n) is 1.92. The molecule has 0 saturated heterocycles. The molecular weight excluding hydrogens is 252 g/mol. The monoisotopic (exact) mass is 272 g/mol. The number of nitrogen functional groups attached to an aromatic ring is 1. The summed E-state index contributed by atoms with van der Waals surface area (Å²) in [7, 11) is 1.97. The molecular formula is C15H20N4O. The number of hydrogen-bond acceptors (Lipinski definition) is 5. The standard InChI is InChI=1S/C15H20N4O/c1-4-20-15-13(16)8-9-14(18-15)19(3)10-12-7-5-6-11(2)17-12/h5-9H,4,10,16H2,1-3H3. The lowest BCUT2D eigenvalue weighted by atomic mass is 10.3. The van der Waals surface area contributed by atoms with Gasteiger partial charge in [0.15, 0.2) is 0 Å². The molecule has 2 aromatic heterocycles. The summed E-state index contributed by atoms with van der Waals surface area (Å²) in [5, 5.41) is 0. The molecule has 0 aliphatic carbocycles. The minimum Gasteiger partial charge on any atom is -0.476 e. The molecule has 5 nitrogen and oxygen atoms in total. The molecule has 2 rings (SSSR count). The Bertz CT molecular complexity index is 586. The fourth-order valence-corrected chi connectivity index (χ4v) is 1.92. The van der Waals surface area contributed by atoms with Crippen molar-refractivity contribution in [3.05, 3.63) is 41.7 Å². The third-order valence-electron chi connectivity index (χ3n) is 2.89. The molecule has 2 N–H and O–H groups in total. The smallest absolute Gasteiger partial charge is 0.239 e. The molecule has 2 aromatic rings. The van der Waals surface area contributed by atoms with Gasteiger partial charge in [-0.05, 0) is 38.1 Å². The molecule has 5 heteroatoms. The van der Waals surface area contributed by atoms with Crippen molar-refractivity contribution in [1.82, 2.24) is 9.97 Å². The van der Waals surface area contributed by atoms with Gasteiger partial charge >= 0.3 is 0 Å². The zero-order chi connectivity index (χ0) is 14.5. The first-order valence-corrected chi connectivity index (χ1v) is 6.63. The van der Waals surface area contributed by atoms with Crippen LogP contribution in [0.3, 0.4) is 0 Å². The summed E-state index contributed by atoms with van der Waals surface area (Å²) in [4.78, 5) is 10.9. The summed E-state index contributed by atoms with van der Waals surface area (Å²) in [5.41, 5.74) is 8.40. The second kappa shape index (κ2) is 6.23. The van der Waals surface area contributed by atoms with Gasteiger partial charge in [0.05, 0.1) is 24.5 Å². The molecule has 0 saturated carbocycles. The third kappa shape index (κ3) is 3.38. The van der Waals surface area contributed by atoms with Crippen LogP contribution in [0.2, 0.25) is 0 Å². The summed E-state index contributed by atoms with van der Waals surface area (Å²) in [6, 6.07) is 9.69. The van der Waals surface area contributed by atoms with Crippen molar-refractivity contribution in [2.24, 2.45) is 0 Å². The highest BCUT2D eigenvalue weighted by Crippen LogP contribution is 2.23. The van der Waals surface area contributed by atoms with Crippen molar-refractivity contribution in [2.45, 2.75) is 20.4 Å². The van der Waals surface area contributed by atoms with Gasteiger partial charge in [-0.3, -0.25) is 4.98 Å². The lowest BCUT2D eigenvalue weighted by Gasteiger charge is -2.19. The zero-order valence-corrected chi connectivity index (χ0v) is 12.1. The maximum absolute atomic E-state index is 5.83. The van der Waals surface area contributed by atoms with E-state index in [1.54, 1.807) is 0 Å². The van der Waals surface area contributed by atoms with Gasteiger partial charge < -0.3 is 15.4 Å². The van der Waals surface area contributed by atoms with Gasteiger partial charge in [0, 0.05) is 12.7 Å². The molecule has 0 unspecified atom stereocenters. The van der Waals surface area contributed by atoms with Crippen LogP contribution in [0.1, 0.15) is 18.3 Å². The predicted molar refractivity (Wildman–Crippen MR) is 80.9 cm³/mol. The second-order valence-corrected chi connectivity index (χ2v) is 4.62. The Morgan fingerprint density at radius 3 is 2.70 bits per heavy atom. The molecule has 0 aromatic carbocycles. The first-order chi connectivity index (χ1) is 9.60. The van der Waals surface area contributed by atoms with Gasteiger partial charge in [0.2, 0.25) is 5.88 Å². The Kier molecular flexibility index (Phi) is 4.40. The molecule has 0 amide bonds. The van der Waals surface area contributed by atoms with Crippen LogP contribution in [-0.2, 0) is 6.54 Å². The maximum Gasteiger partial charge on any atom is 0.239 e. The second-order valence-electron chi connectivity index (χ2n) is 4.62. The van der Waals surface area contributed by atoms with Gasteiger partial charge in [-0.25, -0.2) is 0 Å². The summed E-state index contributed by atoms with van der Waals surface area (Å²) in [5.74, 6) is 1.29. The highest BCUT2D eigenvalue weighted by Gasteiger charge is 2.09. The van der Waals surface area contributed by atoms with Crippen LogP contribution in [0.15, 0.2) is 30.3 Å². The van der Waals surface area contributed by atoms with Crippen LogP contribution in [0.5, 0.6) is 5.88 Å². The molecule has 0 atom stereocenters. The molecule has 0 fully saturated rings. The number of ether oxygens (including phenoxy) is 1. The normalized spacial score (nSPS) is 10.3. The van der Waals surface area contributed by atoms with E-state index in [2.05, 4.69) is 9.97 Å². The Balaban J connectivity index is 2.16. The van der Waals surface area contributed by atoms with Gasteiger partial charge in [-0.15, -0.1) is 0 Å². The van der Waals surface area contributed by atoms with E-state index in [0.29, 0.717) is 24.7 Å². The van der Waals surface area contributed by atoms with Crippen LogP contribution in [0.25, 0.3) is 0 Å². The van der Waals surface area contributed by atoms with E-state index in [-0.39, 0.29) is 0 Å². The Morgan fingerprint density at radius 2 is 2.00 bits per heavy atom. The Hall–Kier alpha value is -2.30. The molecule has 0 spiro atoms. The van der Waals surface area contributed by atoms with Crippen molar-refractivity contribution < 1.29 is 4.74 Å². The molecule has 20 heavy (non-hydrogen) atoms. The molecule has 0 bridgehead atoms. The van der Waals surface area contributed by atoms with E-state index in [1.807, 2.05) is 56.1 Å². The molecule has 106 valence electrons. The molecule has 0 aliphatic heterocycles. The molecule has 0 aliphatic rings. The van der Waals surface area contributed by atoms with E-state index in [4.69, 9.17) is 10.5 Å². The van der Waals surface area contributed by atoms with Crippen molar-refractivity contribution in [3.63, 3.8) is 0 Å². The number of aryl methyl sites for hydroxylation is 1. The number of aromatic nitrogens is 2. The largest absolute Gasteiger partial charge is 0.476 e. The van der Waals surface area contributed by atoms with Crippen molar-refractivity contribution in [2.75, 3.05) is 24.3 Å². The quantitative estimate of drug-likeness (QED) is 0.905. The van der Waals surface area contributed by atoms with Crippen molar-refractivity contribution >= 4 is 11.5 Å². The Labute approximate surface area is 119 Å². The number of nitrogens with zero attached hydrogens (tertiary/aromatic N) is 3. The minimum atomic E-state index is 0.481. The number of hydrogen-bond donors (Lipinski definition) is 1. The van der Waals surface area contributed by atoms with E-state index in [1.165, 1.54) is 0 Å². The van der Waals surface area contributed by atoms with Gasteiger partial charge in [-0.2, -0.15) is 4.98 Å². The number of nitrogens with two attached hydrogens (primary N) is 1. The lowest BCUT2D eigenvalue weighted by molar-refractivity contribution is 0.329.